The zero-order chi connectivity index (χ0) is 10.4. The normalized spacial score (nSPS) is 12.5. The van der Waals surface area contributed by atoms with Crippen molar-refractivity contribution in [3.8, 4) is 0 Å². The largest absolute Gasteiger partial charge is 0.396 e. The van der Waals surface area contributed by atoms with Crippen molar-refractivity contribution in [1.82, 2.24) is 0 Å². The lowest BCUT2D eigenvalue weighted by atomic mass is 10.1. The number of benzene rings is 1. The molecule has 0 spiro atoms. The van der Waals surface area contributed by atoms with Crippen LogP contribution in [0.15, 0.2) is 24.3 Å². The van der Waals surface area contributed by atoms with E-state index in [-0.39, 0.29) is 6.61 Å². The minimum Gasteiger partial charge on any atom is -0.396 e. The van der Waals surface area contributed by atoms with E-state index < -0.39 is 0 Å². The molecule has 0 radical (unpaired) electrons. The number of aliphatic hydroxyl groups is 1. The lowest BCUT2D eigenvalue weighted by molar-refractivity contribution is 0.282. The lowest BCUT2D eigenvalue weighted by Crippen LogP contribution is -2.16. The molecular weight excluding hydrogens is 174 g/mol. The van der Waals surface area contributed by atoms with E-state index in [0.717, 1.165) is 12.8 Å². The Morgan fingerprint density at radius 1 is 1.36 bits per heavy atom. The van der Waals surface area contributed by atoms with Crippen molar-refractivity contribution in [3.05, 3.63) is 29.8 Å². The van der Waals surface area contributed by atoms with Crippen molar-refractivity contribution < 1.29 is 5.11 Å². The first-order valence-electron chi connectivity index (χ1n) is 5.17. The average Bonchev–Trinajstić information content (AvgIpc) is 2.18. The third-order valence-corrected chi connectivity index (χ3v) is 2.34. The molecule has 0 amide bonds. The van der Waals surface area contributed by atoms with Crippen LogP contribution in [-0.4, -0.2) is 17.8 Å². The molecule has 1 rings (SSSR count). The second-order valence-electron chi connectivity index (χ2n) is 3.73. The molecule has 0 aliphatic rings. The van der Waals surface area contributed by atoms with Gasteiger partial charge in [-0.15, -0.1) is 0 Å². The van der Waals surface area contributed by atoms with Crippen LogP contribution < -0.4 is 5.32 Å². The molecule has 0 fully saturated rings. The minimum absolute atomic E-state index is 0.278. The van der Waals surface area contributed by atoms with Gasteiger partial charge in [-0.2, -0.15) is 0 Å². The number of aryl methyl sites for hydroxylation is 1. The Hall–Kier alpha value is -1.02. The van der Waals surface area contributed by atoms with Gasteiger partial charge in [0.15, 0.2) is 0 Å². The van der Waals surface area contributed by atoms with Crippen LogP contribution >= 0.6 is 0 Å². The molecule has 0 aromatic heterocycles. The summed E-state index contributed by atoms with van der Waals surface area (Å²) in [6.45, 7) is 4.52. The molecule has 1 aromatic carbocycles. The first-order valence-corrected chi connectivity index (χ1v) is 5.17. The summed E-state index contributed by atoms with van der Waals surface area (Å²) in [6.07, 6.45) is 1.87. The van der Waals surface area contributed by atoms with Crippen molar-refractivity contribution in [2.24, 2.45) is 0 Å². The fourth-order valence-electron chi connectivity index (χ4n) is 1.47. The number of anilines is 1. The van der Waals surface area contributed by atoms with Crippen LogP contribution in [0.3, 0.4) is 0 Å². The number of hydrogen-bond acceptors (Lipinski definition) is 2. The van der Waals surface area contributed by atoms with Crippen molar-refractivity contribution in [3.63, 3.8) is 0 Å². The molecule has 0 heterocycles. The highest BCUT2D eigenvalue weighted by Crippen LogP contribution is 2.15. The van der Waals surface area contributed by atoms with Crippen LogP contribution in [0.25, 0.3) is 0 Å². The monoisotopic (exact) mass is 193 g/mol. The Labute approximate surface area is 86.0 Å². The summed E-state index contributed by atoms with van der Waals surface area (Å²) < 4.78 is 0. The average molecular weight is 193 g/mol. The number of nitrogens with one attached hydrogen (secondary N) is 1. The van der Waals surface area contributed by atoms with E-state index in [4.69, 9.17) is 5.11 Å². The maximum atomic E-state index is 8.71. The van der Waals surface area contributed by atoms with Crippen LogP contribution in [0, 0.1) is 6.92 Å². The second kappa shape index (κ2) is 5.66. The fourth-order valence-corrected chi connectivity index (χ4v) is 1.47. The predicted molar refractivity (Wildman–Crippen MR) is 60.6 cm³/mol. The van der Waals surface area contributed by atoms with Crippen LogP contribution in [0.4, 0.5) is 5.69 Å². The summed E-state index contributed by atoms with van der Waals surface area (Å²) in [6, 6.07) is 8.68. The maximum Gasteiger partial charge on any atom is 0.0431 e. The van der Waals surface area contributed by atoms with E-state index in [2.05, 4.69) is 31.3 Å². The van der Waals surface area contributed by atoms with E-state index in [1.807, 2.05) is 12.1 Å². The molecule has 0 aliphatic heterocycles. The number of hydrogen-bond donors (Lipinski definition) is 2. The third-order valence-electron chi connectivity index (χ3n) is 2.34. The summed E-state index contributed by atoms with van der Waals surface area (Å²) in [5.41, 5.74) is 2.46. The molecule has 0 saturated heterocycles. The molecule has 1 atom stereocenters. The first-order chi connectivity index (χ1) is 6.74. The highest BCUT2D eigenvalue weighted by atomic mass is 16.2. The molecule has 0 saturated carbocycles. The summed E-state index contributed by atoms with van der Waals surface area (Å²) in [7, 11) is 0. The van der Waals surface area contributed by atoms with E-state index in [1.54, 1.807) is 0 Å². The van der Waals surface area contributed by atoms with Gasteiger partial charge in [0.1, 0.15) is 0 Å². The van der Waals surface area contributed by atoms with E-state index in [1.165, 1.54) is 11.3 Å². The number of para-hydroxylation sites is 1. The molecule has 2 heteroatoms. The number of rotatable bonds is 5. The molecule has 0 bridgehead atoms. The van der Waals surface area contributed by atoms with Gasteiger partial charge < -0.3 is 10.4 Å². The highest BCUT2D eigenvalue weighted by Gasteiger charge is 2.02. The van der Waals surface area contributed by atoms with Crippen molar-refractivity contribution in [2.75, 3.05) is 11.9 Å². The molecule has 0 aliphatic carbocycles. The van der Waals surface area contributed by atoms with Gasteiger partial charge in [-0.05, 0) is 38.3 Å². The van der Waals surface area contributed by atoms with Gasteiger partial charge in [0, 0.05) is 18.3 Å². The Balaban J connectivity index is 2.47. The standard InChI is InChI=1S/C12H19NO/c1-10-6-3-4-8-12(10)13-11(2)7-5-9-14/h3-4,6,8,11,13-14H,5,7,9H2,1-2H3. The van der Waals surface area contributed by atoms with E-state index in [0.29, 0.717) is 6.04 Å². The molecule has 1 unspecified atom stereocenters. The van der Waals surface area contributed by atoms with E-state index in [9.17, 15) is 0 Å². The topological polar surface area (TPSA) is 32.3 Å². The molecular formula is C12H19NO. The first kappa shape index (κ1) is 11.1. The minimum atomic E-state index is 0.278. The number of aliphatic hydroxyl groups excluding tert-OH is 1. The third kappa shape index (κ3) is 3.38. The predicted octanol–water partition coefficient (Wildman–Crippen LogP) is 2.57. The van der Waals surface area contributed by atoms with Crippen LogP contribution in [-0.2, 0) is 0 Å². The van der Waals surface area contributed by atoms with Crippen molar-refractivity contribution >= 4 is 5.69 Å². The van der Waals surface area contributed by atoms with Gasteiger partial charge in [-0.1, -0.05) is 18.2 Å². The van der Waals surface area contributed by atoms with Gasteiger partial charge in [0.25, 0.3) is 0 Å². The van der Waals surface area contributed by atoms with Crippen molar-refractivity contribution in [1.29, 1.82) is 0 Å². The summed E-state index contributed by atoms with van der Waals surface area (Å²) in [5, 5.41) is 12.1. The van der Waals surface area contributed by atoms with Crippen molar-refractivity contribution in [2.45, 2.75) is 32.7 Å². The quantitative estimate of drug-likeness (QED) is 0.753. The smallest absolute Gasteiger partial charge is 0.0431 e. The summed E-state index contributed by atoms with van der Waals surface area (Å²) in [4.78, 5) is 0. The van der Waals surface area contributed by atoms with E-state index >= 15 is 0 Å². The fraction of sp³-hybridized carbons (Fsp3) is 0.500. The molecule has 1 aromatic rings. The van der Waals surface area contributed by atoms with Gasteiger partial charge in [-0.3, -0.25) is 0 Å². The zero-order valence-corrected chi connectivity index (χ0v) is 8.96. The van der Waals surface area contributed by atoms with Gasteiger partial charge >= 0.3 is 0 Å². The van der Waals surface area contributed by atoms with Crippen LogP contribution in [0.5, 0.6) is 0 Å². The molecule has 14 heavy (non-hydrogen) atoms. The Morgan fingerprint density at radius 3 is 2.71 bits per heavy atom. The van der Waals surface area contributed by atoms with Gasteiger partial charge in [-0.25, -0.2) is 0 Å². The van der Waals surface area contributed by atoms with Gasteiger partial charge in [0.2, 0.25) is 0 Å². The van der Waals surface area contributed by atoms with Gasteiger partial charge in [0.05, 0.1) is 0 Å². The molecule has 2 N–H and O–H groups in total. The SMILES string of the molecule is Cc1ccccc1NC(C)CCCO. The van der Waals surface area contributed by atoms with Crippen LogP contribution in [0.2, 0.25) is 0 Å². The lowest BCUT2D eigenvalue weighted by Gasteiger charge is -2.16. The van der Waals surface area contributed by atoms with Crippen LogP contribution in [0.1, 0.15) is 25.3 Å². The Bertz CT molecular complexity index is 273. The second-order valence-corrected chi connectivity index (χ2v) is 3.73. The Morgan fingerprint density at radius 2 is 2.07 bits per heavy atom. The summed E-state index contributed by atoms with van der Waals surface area (Å²) in [5.74, 6) is 0. The molecule has 78 valence electrons. The highest BCUT2D eigenvalue weighted by molar-refractivity contribution is 5.50. The maximum absolute atomic E-state index is 8.71. The summed E-state index contributed by atoms with van der Waals surface area (Å²) >= 11 is 0. The molecule has 2 nitrogen and oxygen atoms in total. The zero-order valence-electron chi connectivity index (χ0n) is 8.96. The Kier molecular flexibility index (Phi) is 4.47.